The number of hydrogen-bond donors (Lipinski definition) is 3. The van der Waals surface area contributed by atoms with Gasteiger partial charge >= 0.3 is 5.97 Å². The van der Waals surface area contributed by atoms with E-state index in [2.05, 4.69) is 20.3 Å². The van der Waals surface area contributed by atoms with Crippen molar-refractivity contribution in [2.75, 3.05) is 17.7 Å². The van der Waals surface area contributed by atoms with Crippen molar-refractivity contribution in [1.82, 2.24) is 29.7 Å². The number of fused-ring (bicyclic) bond motifs is 2. The van der Waals surface area contributed by atoms with Crippen molar-refractivity contribution in [2.24, 2.45) is 5.41 Å². The van der Waals surface area contributed by atoms with Crippen LogP contribution >= 0.6 is 11.3 Å². The lowest BCUT2D eigenvalue weighted by Gasteiger charge is -2.22. The molecule has 0 saturated carbocycles. The number of carboxylic acids is 1. The van der Waals surface area contributed by atoms with Crippen molar-refractivity contribution < 1.29 is 19.4 Å². The number of thiazole rings is 1. The number of amides is 1. The monoisotopic (exact) mass is 576 g/mol. The molecule has 0 aromatic carbocycles. The summed E-state index contributed by atoms with van der Waals surface area (Å²) in [6.45, 7) is 6.45. The first-order valence-electron chi connectivity index (χ1n) is 13.6. The van der Waals surface area contributed by atoms with Gasteiger partial charge in [0.2, 0.25) is 5.91 Å². The molecular weight excluding hydrogens is 544 g/mol. The molecule has 6 heterocycles. The Balaban J connectivity index is 1.31. The van der Waals surface area contributed by atoms with Gasteiger partial charge in [-0.05, 0) is 52.2 Å². The minimum absolute atomic E-state index is 0.0642. The second-order valence-electron chi connectivity index (χ2n) is 11.6. The smallest absolute Gasteiger partial charge is 0.309 e. The Morgan fingerprint density at radius 3 is 2.90 bits per heavy atom. The number of carboxylic acid groups (broad SMARTS) is 1. The highest BCUT2D eigenvalue weighted by atomic mass is 32.1. The fourth-order valence-corrected chi connectivity index (χ4v) is 6.48. The number of anilines is 2. The van der Waals surface area contributed by atoms with Crippen LogP contribution in [-0.2, 0) is 39.1 Å². The van der Waals surface area contributed by atoms with E-state index < -0.39 is 16.8 Å². The average molecular weight is 577 g/mol. The molecule has 2 aliphatic heterocycles. The first-order chi connectivity index (χ1) is 19.5. The van der Waals surface area contributed by atoms with Crippen LogP contribution < -0.4 is 11.1 Å². The Kier molecular flexibility index (Phi) is 6.73. The summed E-state index contributed by atoms with van der Waals surface area (Å²) in [5.74, 6) is -0.290. The fourth-order valence-electron chi connectivity index (χ4n) is 5.53. The summed E-state index contributed by atoms with van der Waals surface area (Å²) in [5, 5.41) is 20.5. The zero-order valence-corrected chi connectivity index (χ0v) is 24.0. The predicted octanol–water partition coefficient (Wildman–Crippen LogP) is 3.60. The van der Waals surface area contributed by atoms with Crippen molar-refractivity contribution >= 4 is 45.9 Å². The van der Waals surface area contributed by atoms with E-state index in [4.69, 9.17) is 20.6 Å². The van der Waals surface area contributed by atoms with E-state index in [0.29, 0.717) is 45.8 Å². The van der Waals surface area contributed by atoms with E-state index in [1.54, 1.807) is 27.0 Å². The van der Waals surface area contributed by atoms with Gasteiger partial charge in [-0.2, -0.15) is 5.10 Å². The molecule has 4 aromatic rings. The van der Waals surface area contributed by atoms with E-state index in [1.807, 2.05) is 22.2 Å². The van der Waals surface area contributed by atoms with Crippen LogP contribution in [0.15, 0.2) is 23.7 Å². The highest BCUT2D eigenvalue weighted by molar-refractivity contribution is 7.09. The molecule has 4 N–H and O–H groups in total. The minimum Gasteiger partial charge on any atom is -0.481 e. The molecular formula is C28H32N8O4S. The average Bonchev–Trinajstić information content (AvgIpc) is 3.59. The maximum Gasteiger partial charge on any atom is 0.309 e. The van der Waals surface area contributed by atoms with Gasteiger partial charge in [-0.1, -0.05) is 0 Å². The molecule has 0 radical (unpaired) electrons. The van der Waals surface area contributed by atoms with E-state index in [1.165, 1.54) is 11.3 Å². The van der Waals surface area contributed by atoms with E-state index >= 15 is 0 Å². The lowest BCUT2D eigenvalue weighted by atomic mass is 9.81. The number of hydrogen-bond acceptors (Lipinski definition) is 10. The van der Waals surface area contributed by atoms with Crippen LogP contribution in [0.3, 0.4) is 0 Å². The number of carbonyl (C=O) groups is 2. The molecule has 41 heavy (non-hydrogen) atoms. The molecule has 1 unspecified atom stereocenters. The molecule has 12 nitrogen and oxygen atoms in total. The molecule has 1 saturated heterocycles. The molecule has 0 bridgehead atoms. The SMILES string of the molecule is CC(C)(Cc1csc(C[C@]2(C)C(=O)Nc3nc(-c4nn(CC5CCCCO5)c5ncccc45)nc(N)c32)n1)C(=O)O. The number of nitrogen functional groups attached to an aromatic ring is 1. The molecule has 214 valence electrons. The van der Waals surface area contributed by atoms with Gasteiger partial charge in [0.05, 0.1) is 45.1 Å². The van der Waals surface area contributed by atoms with Gasteiger partial charge in [0, 0.05) is 31.0 Å². The van der Waals surface area contributed by atoms with Crippen molar-refractivity contribution in [3.63, 3.8) is 0 Å². The Bertz CT molecular complexity index is 1660. The van der Waals surface area contributed by atoms with Crippen molar-refractivity contribution in [1.29, 1.82) is 0 Å². The number of rotatable bonds is 8. The van der Waals surface area contributed by atoms with Gasteiger partial charge in [-0.25, -0.2) is 24.6 Å². The second kappa shape index (κ2) is 10.1. The van der Waals surface area contributed by atoms with E-state index in [-0.39, 0.29) is 30.7 Å². The second-order valence-corrected chi connectivity index (χ2v) is 12.6. The Hall–Kier alpha value is -3.97. The highest BCUT2D eigenvalue weighted by Crippen LogP contribution is 2.43. The van der Waals surface area contributed by atoms with Crippen LogP contribution in [0.5, 0.6) is 0 Å². The van der Waals surface area contributed by atoms with Gasteiger partial charge in [0.25, 0.3) is 0 Å². The summed E-state index contributed by atoms with van der Waals surface area (Å²) in [6, 6.07) is 3.76. The molecule has 1 amide bonds. The summed E-state index contributed by atoms with van der Waals surface area (Å²) in [7, 11) is 0. The zero-order valence-electron chi connectivity index (χ0n) is 23.2. The molecule has 6 rings (SSSR count). The lowest BCUT2D eigenvalue weighted by molar-refractivity contribution is -0.146. The zero-order chi connectivity index (χ0) is 28.9. The number of aromatic nitrogens is 6. The predicted molar refractivity (Wildman–Crippen MR) is 153 cm³/mol. The number of aliphatic carboxylic acids is 1. The number of carbonyl (C=O) groups excluding carboxylic acids is 1. The minimum atomic E-state index is -1.04. The van der Waals surface area contributed by atoms with Crippen LogP contribution in [0.1, 0.15) is 56.3 Å². The molecule has 1 fully saturated rings. The number of nitrogens with two attached hydrogens (primary N) is 1. The molecule has 0 aliphatic carbocycles. The largest absolute Gasteiger partial charge is 0.481 e. The van der Waals surface area contributed by atoms with Crippen molar-refractivity contribution in [3.05, 3.63) is 40.0 Å². The standard InChI is InChI=1S/C28H32N8O4S/c1-27(2,26(38)39)11-15-14-41-18(31-15)12-28(3)19-21(29)32-23(33-22(19)34-25(28)37)20-17-8-6-9-30-24(17)36(35-20)13-16-7-4-5-10-40-16/h6,8-9,14,16H,4-5,7,10-13H2,1-3H3,(H,38,39)(H3,29,32,33,34,37)/t16?,28-/m0/s1. The number of nitrogens with one attached hydrogen (secondary N) is 1. The van der Waals surface area contributed by atoms with Crippen LogP contribution in [0.2, 0.25) is 0 Å². The van der Waals surface area contributed by atoms with Gasteiger partial charge in [0.15, 0.2) is 11.5 Å². The van der Waals surface area contributed by atoms with Gasteiger partial charge in [-0.15, -0.1) is 11.3 Å². The van der Waals surface area contributed by atoms with Crippen molar-refractivity contribution in [2.45, 2.75) is 70.9 Å². The van der Waals surface area contributed by atoms with Crippen LogP contribution in [0.25, 0.3) is 22.6 Å². The topological polar surface area (TPSA) is 171 Å². The molecule has 2 atom stereocenters. The number of pyridine rings is 1. The maximum absolute atomic E-state index is 13.3. The normalized spacial score (nSPS) is 20.8. The molecule has 13 heteroatoms. The summed E-state index contributed by atoms with van der Waals surface area (Å²) in [4.78, 5) is 43.4. The third kappa shape index (κ3) is 4.93. The first kappa shape index (κ1) is 27.2. The Morgan fingerprint density at radius 2 is 2.15 bits per heavy atom. The molecule has 4 aromatic heterocycles. The lowest BCUT2D eigenvalue weighted by Crippen LogP contribution is -2.34. The van der Waals surface area contributed by atoms with Crippen LogP contribution in [0, 0.1) is 5.41 Å². The Morgan fingerprint density at radius 1 is 1.32 bits per heavy atom. The van der Waals surface area contributed by atoms with E-state index in [9.17, 15) is 14.7 Å². The summed E-state index contributed by atoms with van der Waals surface area (Å²) in [6.07, 6.45) is 5.51. The maximum atomic E-state index is 13.3. The number of nitrogens with zero attached hydrogens (tertiary/aromatic N) is 6. The third-order valence-electron chi connectivity index (χ3n) is 7.90. The van der Waals surface area contributed by atoms with E-state index in [0.717, 1.165) is 31.3 Å². The van der Waals surface area contributed by atoms with Crippen molar-refractivity contribution in [3.8, 4) is 11.5 Å². The fraction of sp³-hybridized carbons (Fsp3) is 0.464. The first-order valence-corrected chi connectivity index (χ1v) is 14.5. The highest BCUT2D eigenvalue weighted by Gasteiger charge is 2.47. The molecule has 2 aliphatic rings. The summed E-state index contributed by atoms with van der Waals surface area (Å²) >= 11 is 1.39. The third-order valence-corrected chi connectivity index (χ3v) is 8.79. The molecule has 0 spiro atoms. The number of ether oxygens (including phenoxy) is 1. The van der Waals surface area contributed by atoms with Gasteiger partial charge in [-0.3, -0.25) is 9.59 Å². The van der Waals surface area contributed by atoms with Gasteiger partial charge in [0.1, 0.15) is 17.3 Å². The van der Waals surface area contributed by atoms with Gasteiger partial charge < -0.3 is 20.9 Å². The Labute approximate surface area is 240 Å². The summed E-state index contributed by atoms with van der Waals surface area (Å²) < 4.78 is 7.76. The summed E-state index contributed by atoms with van der Waals surface area (Å²) in [5.41, 5.74) is 6.97. The van der Waals surface area contributed by atoms with Crippen LogP contribution in [0.4, 0.5) is 11.6 Å². The quantitative estimate of drug-likeness (QED) is 0.281. The van der Waals surface area contributed by atoms with Crippen LogP contribution in [-0.4, -0.2) is 59.4 Å².